The molecule has 1 amide bonds. The smallest absolute Gasteiger partial charge is 0.406 e. The molecule has 1 aliphatic heterocycles. The van der Waals surface area contributed by atoms with E-state index in [0.717, 1.165) is 11.4 Å². The molecule has 0 aliphatic carbocycles. The first kappa shape index (κ1) is 21.6. The molecule has 0 unspecified atom stereocenters. The number of anilines is 1. The zero-order valence-corrected chi connectivity index (χ0v) is 17.1. The maximum absolute atomic E-state index is 12.6. The molecule has 9 heteroatoms. The SMILES string of the molecule is O=C(Cc1ccc(OC(F)(F)F)cc1)N1CCN(c2ccnc(-c3ccccc3)n2)CC1. The van der Waals surface area contributed by atoms with Gasteiger partial charge in [-0.1, -0.05) is 42.5 Å². The van der Waals surface area contributed by atoms with Crippen LogP contribution < -0.4 is 9.64 Å². The summed E-state index contributed by atoms with van der Waals surface area (Å²) in [5, 5.41) is 0. The number of ether oxygens (including phenoxy) is 1. The molecule has 2 aromatic carbocycles. The molecule has 0 atom stereocenters. The molecule has 32 heavy (non-hydrogen) atoms. The van der Waals surface area contributed by atoms with Crippen molar-refractivity contribution in [3.8, 4) is 17.1 Å². The number of halogens is 3. The number of piperazine rings is 1. The Kier molecular flexibility index (Phi) is 6.25. The monoisotopic (exact) mass is 442 g/mol. The molecule has 6 nitrogen and oxygen atoms in total. The third kappa shape index (κ3) is 5.54. The Morgan fingerprint density at radius 1 is 0.938 bits per heavy atom. The van der Waals surface area contributed by atoms with Crippen LogP contribution in [0.15, 0.2) is 66.9 Å². The Labute approximate surface area is 183 Å². The van der Waals surface area contributed by atoms with E-state index in [1.807, 2.05) is 36.4 Å². The van der Waals surface area contributed by atoms with Crippen molar-refractivity contribution in [2.75, 3.05) is 31.1 Å². The Hall–Kier alpha value is -3.62. The number of carbonyl (C=O) groups excluding carboxylic acids is 1. The van der Waals surface area contributed by atoms with Crippen LogP contribution in [0.1, 0.15) is 5.56 Å². The molecule has 166 valence electrons. The lowest BCUT2D eigenvalue weighted by Gasteiger charge is -2.35. The molecular weight excluding hydrogens is 421 g/mol. The van der Waals surface area contributed by atoms with E-state index < -0.39 is 6.36 Å². The van der Waals surface area contributed by atoms with Gasteiger partial charge in [0.05, 0.1) is 6.42 Å². The lowest BCUT2D eigenvalue weighted by atomic mass is 10.1. The van der Waals surface area contributed by atoms with Crippen LogP contribution in [-0.4, -0.2) is 53.3 Å². The molecule has 2 heterocycles. The van der Waals surface area contributed by atoms with E-state index in [9.17, 15) is 18.0 Å². The lowest BCUT2D eigenvalue weighted by molar-refractivity contribution is -0.274. The number of hydrogen-bond acceptors (Lipinski definition) is 5. The maximum Gasteiger partial charge on any atom is 0.573 e. The Bertz CT molecular complexity index is 1050. The van der Waals surface area contributed by atoms with Crippen LogP contribution >= 0.6 is 0 Å². The van der Waals surface area contributed by atoms with Gasteiger partial charge in [-0.15, -0.1) is 13.2 Å². The first-order valence-corrected chi connectivity index (χ1v) is 10.1. The van der Waals surface area contributed by atoms with Crippen molar-refractivity contribution in [2.24, 2.45) is 0 Å². The fraction of sp³-hybridized carbons (Fsp3) is 0.261. The number of hydrogen-bond donors (Lipinski definition) is 0. The van der Waals surface area contributed by atoms with E-state index in [1.54, 1.807) is 11.1 Å². The Morgan fingerprint density at radius 2 is 1.62 bits per heavy atom. The minimum absolute atomic E-state index is 0.0678. The van der Waals surface area contributed by atoms with Gasteiger partial charge in [-0.3, -0.25) is 4.79 Å². The molecule has 0 saturated carbocycles. The summed E-state index contributed by atoms with van der Waals surface area (Å²) in [6.45, 7) is 2.35. The molecule has 0 bridgehead atoms. The highest BCUT2D eigenvalue weighted by molar-refractivity contribution is 5.79. The molecule has 0 radical (unpaired) electrons. The number of aromatic nitrogens is 2. The molecule has 0 spiro atoms. The first-order chi connectivity index (χ1) is 15.4. The predicted octanol–water partition coefficient (Wildman–Crippen LogP) is 3.93. The van der Waals surface area contributed by atoms with Crippen molar-refractivity contribution in [2.45, 2.75) is 12.8 Å². The molecule has 3 aromatic rings. The van der Waals surface area contributed by atoms with E-state index in [-0.39, 0.29) is 18.1 Å². The van der Waals surface area contributed by atoms with E-state index in [0.29, 0.717) is 37.6 Å². The summed E-state index contributed by atoms with van der Waals surface area (Å²) in [5.41, 5.74) is 1.57. The van der Waals surface area contributed by atoms with E-state index in [1.165, 1.54) is 24.3 Å². The van der Waals surface area contributed by atoms with Gasteiger partial charge in [0, 0.05) is 37.9 Å². The summed E-state index contributed by atoms with van der Waals surface area (Å²) in [6.07, 6.45) is -2.88. The fourth-order valence-electron chi connectivity index (χ4n) is 3.53. The van der Waals surface area contributed by atoms with Crippen molar-refractivity contribution in [1.82, 2.24) is 14.9 Å². The standard InChI is InChI=1S/C23H21F3N4O2/c24-23(25,26)32-19-8-6-17(7-9-19)16-21(31)30-14-12-29(13-15-30)20-10-11-27-22(28-20)18-4-2-1-3-5-18/h1-11H,12-16H2. The second-order valence-corrected chi connectivity index (χ2v) is 7.34. The number of rotatable bonds is 5. The lowest BCUT2D eigenvalue weighted by Crippen LogP contribution is -2.49. The van der Waals surface area contributed by atoms with Crippen LogP contribution in [0.4, 0.5) is 19.0 Å². The summed E-state index contributed by atoms with van der Waals surface area (Å²) < 4.78 is 40.6. The summed E-state index contributed by atoms with van der Waals surface area (Å²) in [7, 11) is 0. The van der Waals surface area contributed by atoms with Gasteiger partial charge in [-0.2, -0.15) is 0 Å². The van der Waals surface area contributed by atoms with Gasteiger partial charge in [0.25, 0.3) is 0 Å². The second kappa shape index (κ2) is 9.25. The third-order valence-corrected chi connectivity index (χ3v) is 5.14. The summed E-state index contributed by atoms with van der Waals surface area (Å²) in [4.78, 5) is 25.5. The van der Waals surface area contributed by atoms with E-state index in [2.05, 4.69) is 19.6 Å². The number of nitrogens with zero attached hydrogens (tertiary/aromatic N) is 4. The van der Waals surface area contributed by atoms with Gasteiger partial charge in [-0.25, -0.2) is 9.97 Å². The average molecular weight is 442 g/mol. The van der Waals surface area contributed by atoms with E-state index >= 15 is 0 Å². The van der Waals surface area contributed by atoms with Crippen LogP contribution in [0.2, 0.25) is 0 Å². The topological polar surface area (TPSA) is 58.6 Å². The van der Waals surface area contributed by atoms with Crippen molar-refractivity contribution in [3.63, 3.8) is 0 Å². The van der Waals surface area contributed by atoms with Gasteiger partial charge >= 0.3 is 6.36 Å². The molecule has 1 fully saturated rings. The number of alkyl halides is 3. The normalized spacial score (nSPS) is 14.3. The maximum atomic E-state index is 12.6. The zero-order valence-electron chi connectivity index (χ0n) is 17.1. The molecular formula is C23H21F3N4O2. The highest BCUT2D eigenvalue weighted by atomic mass is 19.4. The molecule has 1 aromatic heterocycles. The van der Waals surface area contributed by atoms with Gasteiger partial charge in [-0.05, 0) is 23.8 Å². The van der Waals surface area contributed by atoms with Gasteiger partial charge in [0.2, 0.25) is 5.91 Å². The molecule has 0 N–H and O–H groups in total. The highest BCUT2D eigenvalue weighted by Gasteiger charge is 2.31. The molecule has 1 aliphatic rings. The minimum atomic E-state index is -4.73. The van der Waals surface area contributed by atoms with Gasteiger partial charge < -0.3 is 14.5 Å². The van der Waals surface area contributed by atoms with Crippen LogP contribution in [-0.2, 0) is 11.2 Å². The number of amides is 1. The summed E-state index contributed by atoms with van der Waals surface area (Å²) >= 11 is 0. The zero-order chi connectivity index (χ0) is 22.6. The van der Waals surface area contributed by atoms with Crippen LogP contribution in [0, 0.1) is 0 Å². The summed E-state index contributed by atoms with van der Waals surface area (Å²) in [6, 6.07) is 17.0. The Balaban J connectivity index is 1.32. The van der Waals surface area contributed by atoms with Crippen LogP contribution in [0.3, 0.4) is 0 Å². The molecule has 4 rings (SSSR count). The third-order valence-electron chi connectivity index (χ3n) is 5.14. The largest absolute Gasteiger partial charge is 0.573 e. The molecule has 1 saturated heterocycles. The fourth-order valence-corrected chi connectivity index (χ4v) is 3.53. The van der Waals surface area contributed by atoms with Crippen LogP contribution in [0.5, 0.6) is 5.75 Å². The quantitative estimate of drug-likeness (QED) is 0.599. The van der Waals surface area contributed by atoms with Crippen LogP contribution in [0.25, 0.3) is 11.4 Å². The number of benzene rings is 2. The Morgan fingerprint density at radius 3 is 2.28 bits per heavy atom. The van der Waals surface area contributed by atoms with Crippen molar-refractivity contribution in [3.05, 3.63) is 72.4 Å². The van der Waals surface area contributed by atoms with Crippen molar-refractivity contribution >= 4 is 11.7 Å². The second-order valence-electron chi connectivity index (χ2n) is 7.34. The predicted molar refractivity (Wildman–Crippen MR) is 113 cm³/mol. The van der Waals surface area contributed by atoms with Gasteiger partial charge in [0.15, 0.2) is 5.82 Å². The minimum Gasteiger partial charge on any atom is -0.406 e. The summed E-state index contributed by atoms with van der Waals surface area (Å²) in [5.74, 6) is 1.09. The average Bonchev–Trinajstić information content (AvgIpc) is 2.80. The van der Waals surface area contributed by atoms with Gasteiger partial charge in [0.1, 0.15) is 11.6 Å². The van der Waals surface area contributed by atoms with Crippen molar-refractivity contribution < 1.29 is 22.7 Å². The first-order valence-electron chi connectivity index (χ1n) is 10.1. The highest BCUT2D eigenvalue weighted by Crippen LogP contribution is 2.23. The van der Waals surface area contributed by atoms with E-state index in [4.69, 9.17) is 0 Å². The number of carbonyl (C=O) groups is 1. The van der Waals surface area contributed by atoms with Crippen molar-refractivity contribution in [1.29, 1.82) is 0 Å².